The van der Waals surface area contributed by atoms with Crippen molar-refractivity contribution in [1.82, 2.24) is 5.32 Å². The van der Waals surface area contributed by atoms with Crippen molar-refractivity contribution in [3.63, 3.8) is 0 Å². The lowest BCUT2D eigenvalue weighted by atomic mass is 9.81. The SMILES string of the molecule is CCC(NC1CC(C)C1)c1ccccc1F. The highest BCUT2D eigenvalue weighted by Crippen LogP contribution is 2.30. The van der Waals surface area contributed by atoms with E-state index < -0.39 is 0 Å². The first-order chi connectivity index (χ1) is 7.70. The van der Waals surface area contributed by atoms with Gasteiger partial charge in [-0.05, 0) is 31.2 Å². The molecule has 2 rings (SSSR count). The number of halogens is 1. The molecule has 0 radical (unpaired) electrons. The second kappa shape index (κ2) is 4.96. The molecule has 1 saturated carbocycles. The van der Waals surface area contributed by atoms with Gasteiger partial charge < -0.3 is 5.32 Å². The fourth-order valence-electron chi connectivity index (χ4n) is 2.51. The first-order valence-corrected chi connectivity index (χ1v) is 6.21. The van der Waals surface area contributed by atoms with Crippen LogP contribution in [0.1, 0.15) is 44.7 Å². The summed E-state index contributed by atoms with van der Waals surface area (Å²) in [6.45, 7) is 4.37. The Bertz CT molecular complexity index is 344. The third-order valence-corrected chi connectivity index (χ3v) is 3.50. The summed E-state index contributed by atoms with van der Waals surface area (Å²) in [6, 6.07) is 7.84. The maximum Gasteiger partial charge on any atom is 0.127 e. The molecule has 1 nitrogen and oxygen atoms in total. The minimum absolute atomic E-state index is 0.0887. The molecule has 1 unspecified atom stereocenters. The van der Waals surface area contributed by atoms with Gasteiger partial charge in [0.15, 0.2) is 0 Å². The van der Waals surface area contributed by atoms with Gasteiger partial charge in [-0.2, -0.15) is 0 Å². The summed E-state index contributed by atoms with van der Waals surface area (Å²) in [7, 11) is 0. The lowest BCUT2D eigenvalue weighted by Gasteiger charge is -2.36. The monoisotopic (exact) mass is 221 g/mol. The average Bonchev–Trinajstić information content (AvgIpc) is 2.24. The Morgan fingerprint density at radius 2 is 2.06 bits per heavy atom. The lowest BCUT2D eigenvalue weighted by molar-refractivity contribution is 0.219. The van der Waals surface area contributed by atoms with Gasteiger partial charge >= 0.3 is 0 Å². The number of hydrogen-bond donors (Lipinski definition) is 1. The molecular formula is C14H20FN. The van der Waals surface area contributed by atoms with Gasteiger partial charge in [-0.1, -0.05) is 32.0 Å². The zero-order valence-corrected chi connectivity index (χ0v) is 10.0. The third-order valence-electron chi connectivity index (χ3n) is 3.50. The summed E-state index contributed by atoms with van der Waals surface area (Å²) < 4.78 is 13.6. The van der Waals surface area contributed by atoms with Crippen LogP contribution in [-0.4, -0.2) is 6.04 Å². The molecule has 88 valence electrons. The molecule has 0 saturated heterocycles. The predicted octanol–water partition coefficient (Wildman–Crippen LogP) is 3.66. The number of hydrogen-bond acceptors (Lipinski definition) is 1. The fraction of sp³-hybridized carbons (Fsp3) is 0.571. The third kappa shape index (κ3) is 2.43. The molecule has 1 aromatic rings. The summed E-state index contributed by atoms with van der Waals surface area (Å²) in [5.41, 5.74) is 0.810. The molecule has 0 aromatic heterocycles. The van der Waals surface area contributed by atoms with Crippen LogP contribution in [0.3, 0.4) is 0 Å². The van der Waals surface area contributed by atoms with Gasteiger partial charge in [0.1, 0.15) is 5.82 Å². The second-order valence-corrected chi connectivity index (χ2v) is 4.92. The van der Waals surface area contributed by atoms with Crippen LogP contribution < -0.4 is 5.32 Å². The predicted molar refractivity (Wildman–Crippen MR) is 64.8 cm³/mol. The van der Waals surface area contributed by atoms with Crippen LogP contribution in [0.2, 0.25) is 0 Å². The standard InChI is InChI=1S/C14H20FN/c1-3-14(16-11-8-10(2)9-11)12-6-4-5-7-13(12)15/h4-7,10-11,14,16H,3,8-9H2,1-2H3. The Balaban J connectivity index is 2.02. The summed E-state index contributed by atoms with van der Waals surface area (Å²) in [4.78, 5) is 0. The highest BCUT2D eigenvalue weighted by atomic mass is 19.1. The minimum Gasteiger partial charge on any atom is -0.307 e. The Morgan fingerprint density at radius 1 is 1.38 bits per heavy atom. The van der Waals surface area contributed by atoms with E-state index in [0.29, 0.717) is 6.04 Å². The molecule has 0 heterocycles. The Labute approximate surface area is 97.1 Å². The smallest absolute Gasteiger partial charge is 0.127 e. The highest BCUT2D eigenvalue weighted by Gasteiger charge is 2.27. The maximum absolute atomic E-state index is 13.6. The van der Waals surface area contributed by atoms with Gasteiger partial charge in [0, 0.05) is 17.6 Å². The Hall–Kier alpha value is -0.890. The molecule has 1 aromatic carbocycles. The van der Waals surface area contributed by atoms with E-state index in [4.69, 9.17) is 0 Å². The fourth-order valence-corrected chi connectivity index (χ4v) is 2.51. The molecule has 16 heavy (non-hydrogen) atoms. The largest absolute Gasteiger partial charge is 0.307 e. The van der Waals surface area contributed by atoms with Crippen molar-refractivity contribution in [2.45, 2.75) is 45.2 Å². The molecule has 1 fully saturated rings. The summed E-state index contributed by atoms with van der Waals surface area (Å²) in [5, 5.41) is 3.55. The van der Waals surface area contributed by atoms with Crippen LogP contribution in [0, 0.1) is 11.7 Å². The van der Waals surface area contributed by atoms with Crippen molar-refractivity contribution in [2.24, 2.45) is 5.92 Å². The molecule has 2 heteroatoms. The first-order valence-electron chi connectivity index (χ1n) is 6.21. The molecule has 0 spiro atoms. The van der Waals surface area contributed by atoms with Crippen LogP contribution in [0.4, 0.5) is 4.39 Å². The molecular weight excluding hydrogens is 201 g/mol. The van der Waals surface area contributed by atoms with E-state index in [0.717, 1.165) is 17.9 Å². The highest BCUT2D eigenvalue weighted by molar-refractivity contribution is 5.21. The number of nitrogens with one attached hydrogen (secondary N) is 1. The van der Waals surface area contributed by atoms with Crippen molar-refractivity contribution in [3.8, 4) is 0 Å². The van der Waals surface area contributed by atoms with Crippen molar-refractivity contribution in [1.29, 1.82) is 0 Å². The summed E-state index contributed by atoms with van der Waals surface area (Å²) in [6.07, 6.45) is 3.39. The molecule has 1 N–H and O–H groups in total. The van der Waals surface area contributed by atoms with Gasteiger partial charge in [-0.3, -0.25) is 0 Å². The van der Waals surface area contributed by atoms with Crippen LogP contribution in [0.5, 0.6) is 0 Å². The Kier molecular flexibility index (Phi) is 3.59. The zero-order valence-electron chi connectivity index (χ0n) is 10.0. The Morgan fingerprint density at radius 3 is 2.62 bits per heavy atom. The number of rotatable bonds is 4. The summed E-state index contributed by atoms with van der Waals surface area (Å²) >= 11 is 0. The first kappa shape index (κ1) is 11.6. The van der Waals surface area contributed by atoms with Gasteiger partial charge in [0.2, 0.25) is 0 Å². The normalized spacial score (nSPS) is 26.2. The van der Waals surface area contributed by atoms with Gasteiger partial charge in [-0.15, -0.1) is 0 Å². The molecule has 0 amide bonds. The average molecular weight is 221 g/mol. The molecule has 1 aliphatic carbocycles. The minimum atomic E-state index is -0.0887. The van der Waals surface area contributed by atoms with E-state index in [9.17, 15) is 4.39 Å². The van der Waals surface area contributed by atoms with E-state index >= 15 is 0 Å². The van der Waals surface area contributed by atoms with Crippen molar-refractivity contribution >= 4 is 0 Å². The van der Waals surface area contributed by atoms with Crippen molar-refractivity contribution in [2.75, 3.05) is 0 Å². The van der Waals surface area contributed by atoms with Crippen molar-refractivity contribution < 1.29 is 4.39 Å². The van der Waals surface area contributed by atoms with E-state index in [-0.39, 0.29) is 11.9 Å². The van der Waals surface area contributed by atoms with Crippen LogP contribution >= 0.6 is 0 Å². The summed E-state index contributed by atoms with van der Waals surface area (Å²) in [5.74, 6) is 0.741. The van der Waals surface area contributed by atoms with Gasteiger partial charge in [-0.25, -0.2) is 4.39 Å². The lowest BCUT2D eigenvalue weighted by Crippen LogP contribution is -2.42. The zero-order chi connectivity index (χ0) is 11.5. The van der Waals surface area contributed by atoms with Crippen LogP contribution in [-0.2, 0) is 0 Å². The molecule has 1 atom stereocenters. The maximum atomic E-state index is 13.6. The van der Waals surface area contributed by atoms with E-state index in [1.165, 1.54) is 12.8 Å². The second-order valence-electron chi connectivity index (χ2n) is 4.92. The van der Waals surface area contributed by atoms with Crippen LogP contribution in [0.25, 0.3) is 0 Å². The quantitative estimate of drug-likeness (QED) is 0.818. The van der Waals surface area contributed by atoms with E-state index in [2.05, 4.69) is 19.2 Å². The van der Waals surface area contributed by atoms with Gasteiger partial charge in [0.05, 0.1) is 0 Å². The molecule has 1 aliphatic rings. The van der Waals surface area contributed by atoms with Crippen LogP contribution in [0.15, 0.2) is 24.3 Å². The molecule has 0 bridgehead atoms. The van der Waals surface area contributed by atoms with Gasteiger partial charge in [0.25, 0.3) is 0 Å². The topological polar surface area (TPSA) is 12.0 Å². The van der Waals surface area contributed by atoms with Crippen molar-refractivity contribution in [3.05, 3.63) is 35.6 Å². The number of benzene rings is 1. The van der Waals surface area contributed by atoms with E-state index in [1.54, 1.807) is 12.1 Å². The molecule has 0 aliphatic heterocycles. The van der Waals surface area contributed by atoms with E-state index in [1.807, 2.05) is 12.1 Å².